The predicted octanol–water partition coefficient (Wildman–Crippen LogP) is 2.27. The summed E-state index contributed by atoms with van der Waals surface area (Å²) in [5.41, 5.74) is 1.71. The highest BCUT2D eigenvalue weighted by Gasteiger charge is 2.58. The number of aryl methyl sites for hydroxylation is 3. The van der Waals surface area contributed by atoms with E-state index in [1.165, 1.54) is 4.68 Å². The summed E-state index contributed by atoms with van der Waals surface area (Å²) >= 11 is 6.37. The van der Waals surface area contributed by atoms with Crippen molar-refractivity contribution in [3.05, 3.63) is 67.4 Å². The normalized spacial score (nSPS) is 24.7. The molecule has 1 saturated carbocycles. The molecule has 2 aromatic heterocycles. The number of aromatic amines is 1. The molecule has 2 fully saturated rings. The number of hydrogen-bond donors (Lipinski definition) is 2. The van der Waals surface area contributed by atoms with E-state index in [1.54, 1.807) is 25.4 Å². The van der Waals surface area contributed by atoms with E-state index in [9.17, 15) is 14.7 Å². The van der Waals surface area contributed by atoms with Crippen molar-refractivity contribution >= 4 is 22.4 Å². The van der Waals surface area contributed by atoms with Gasteiger partial charge in [0.1, 0.15) is 6.23 Å². The fraction of sp³-hybridized carbons (Fsp3) is 0.500. The number of likely N-dealkylation sites (tertiary alicyclic amines) is 1. The van der Waals surface area contributed by atoms with Crippen molar-refractivity contribution < 1.29 is 5.11 Å². The lowest BCUT2D eigenvalue weighted by molar-refractivity contribution is -0.244. The van der Waals surface area contributed by atoms with E-state index in [2.05, 4.69) is 20.2 Å². The molecule has 2 aliphatic rings. The van der Waals surface area contributed by atoms with Crippen LogP contribution in [0.15, 0.2) is 40.1 Å². The molecule has 1 aromatic carbocycles. The lowest BCUT2D eigenvalue weighted by Crippen LogP contribution is -2.69. The summed E-state index contributed by atoms with van der Waals surface area (Å²) in [5, 5.41) is 22.9. The zero-order chi connectivity index (χ0) is 23.2. The number of nitrogens with one attached hydrogen (secondary N) is 1. The van der Waals surface area contributed by atoms with E-state index >= 15 is 0 Å². The zero-order valence-electron chi connectivity index (χ0n) is 18.6. The third kappa shape index (κ3) is 4.11. The van der Waals surface area contributed by atoms with Crippen LogP contribution in [0, 0.1) is 11.3 Å². The molecule has 1 aliphatic carbocycles. The van der Waals surface area contributed by atoms with Crippen LogP contribution in [-0.4, -0.2) is 49.3 Å². The number of fused-ring (bicyclic) bond motifs is 1. The highest BCUT2D eigenvalue weighted by molar-refractivity contribution is 6.34. The number of rotatable bonds is 7. The second-order valence-electron chi connectivity index (χ2n) is 9.64. The first-order valence-corrected chi connectivity index (χ1v) is 11.8. The quantitative estimate of drug-likeness (QED) is 0.550. The minimum Gasteiger partial charge on any atom is -0.378 e. The summed E-state index contributed by atoms with van der Waals surface area (Å²) in [5.74, 6) is 0.567. The van der Waals surface area contributed by atoms with Gasteiger partial charge in [-0.1, -0.05) is 23.7 Å². The molecular weight excluding hydrogens is 442 g/mol. The van der Waals surface area contributed by atoms with Crippen molar-refractivity contribution in [2.45, 2.75) is 44.8 Å². The highest BCUT2D eigenvalue weighted by atomic mass is 35.5. The van der Waals surface area contributed by atoms with E-state index in [0.29, 0.717) is 16.5 Å². The lowest BCUT2D eigenvalue weighted by Gasteiger charge is -2.63. The largest absolute Gasteiger partial charge is 0.378 e. The molecule has 3 aromatic rings. The Bertz CT molecular complexity index is 1300. The van der Waals surface area contributed by atoms with Crippen LogP contribution in [0.5, 0.6) is 0 Å². The number of aliphatic hydroxyl groups excluding tert-OH is 1. The van der Waals surface area contributed by atoms with Gasteiger partial charge in [0.15, 0.2) is 5.15 Å². The van der Waals surface area contributed by atoms with Gasteiger partial charge in [0, 0.05) is 37.0 Å². The first-order chi connectivity index (χ1) is 15.9. The molecule has 9 heteroatoms. The highest BCUT2D eigenvalue weighted by Crippen LogP contribution is 2.56. The zero-order valence-corrected chi connectivity index (χ0v) is 19.4. The van der Waals surface area contributed by atoms with Crippen molar-refractivity contribution in [1.82, 2.24) is 24.9 Å². The number of nitrogens with zero attached hydrogens (tertiary/aromatic N) is 4. The van der Waals surface area contributed by atoms with Gasteiger partial charge in [-0.2, -0.15) is 10.2 Å². The van der Waals surface area contributed by atoms with E-state index in [4.69, 9.17) is 11.6 Å². The average Bonchev–Trinajstić information content (AvgIpc) is 2.77. The average molecular weight is 470 g/mol. The third-order valence-corrected chi connectivity index (χ3v) is 7.64. The van der Waals surface area contributed by atoms with Crippen LogP contribution in [0.1, 0.15) is 36.8 Å². The Hall–Kier alpha value is -2.55. The summed E-state index contributed by atoms with van der Waals surface area (Å²) in [6.45, 7) is 1.75. The SMILES string of the molecule is Cn1nc(Cl)c2c(CCC3CC4(C3)CN(CCCc3cn[nH]c(=O)c3)C4O)cccc2c1=O. The number of hydrogen-bond acceptors (Lipinski definition) is 6. The number of H-pyrrole nitrogens is 1. The monoisotopic (exact) mass is 469 g/mol. The molecule has 1 unspecified atom stereocenters. The summed E-state index contributed by atoms with van der Waals surface area (Å²) in [6, 6.07) is 7.32. The summed E-state index contributed by atoms with van der Waals surface area (Å²) in [7, 11) is 1.61. The van der Waals surface area contributed by atoms with Crippen LogP contribution < -0.4 is 11.1 Å². The van der Waals surface area contributed by atoms with E-state index in [0.717, 1.165) is 68.1 Å². The van der Waals surface area contributed by atoms with Crippen molar-refractivity contribution in [2.75, 3.05) is 13.1 Å². The number of aliphatic hydroxyl groups is 1. The van der Waals surface area contributed by atoms with Crippen LogP contribution in [-0.2, 0) is 19.9 Å². The Kier molecular flexibility index (Phi) is 5.84. The third-order valence-electron chi connectivity index (χ3n) is 7.38. The van der Waals surface area contributed by atoms with E-state index < -0.39 is 0 Å². The summed E-state index contributed by atoms with van der Waals surface area (Å²) < 4.78 is 1.28. The maximum absolute atomic E-state index is 12.4. The van der Waals surface area contributed by atoms with E-state index in [-0.39, 0.29) is 22.8 Å². The molecular formula is C24H28ClN5O3. The van der Waals surface area contributed by atoms with Gasteiger partial charge < -0.3 is 5.11 Å². The van der Waals surface area contributed by atoms with Crippen molar-refractivity contribution in [1.29, 1.82) is 0 Å². The second kappa shape index (κ2) is 8.66. The Morgan fingerprint density at radius 3 is 2.85 bits per heavy atom. The summed E-state index contributed by atoms with van der Waals surface area (Å²) in [6.07, 6.45) is 6.88. The van der Waals surface area contributed by atoms with Crippen molar-refractivity contribution in [2.24, 2.45) is 18.4 Å². The molecule has 1 spiro atoms. The predicted molar refractivity (Wildman–Crippen MR) is 126 cm³/mol. The first kappa shape index (κ1) is 22.3. The minimum atomic E-state index is -0.384. The van der Waals surface area contributed by atoms with Crippen LogP contribution in [0.4, 0.5) is 0 Å². The number of aromatic nitrogens is 4. The Balaban J connectivity index is 1.12. The van der Waals surface area contributed by atoms with Gasteiger partial charge in [0.2, 0.25) is 0 Å². The van der Waals surface area contributed by atoms with Gasteiger partial charge in [0.05, 0.1) is 11.6 Å². The topological polar surface area (TPSA) is 104 Å². The Labute approximate surface area is 196 Å². The van der Waals surface area contributed by atoms with Gasteiger partial charge in [-0.15, -0.1) is 0 Å². The first-order valence-electron chi connectivity index (χ1n) is 11.5. The molecule has 2 N–H and O–H groups in total. The minimum absolute atomic E-state index is 0.0318. The summed E-state index contributed by atoms with van der Waals surface area (Å²) in [4.78, 5) is 25.9. The fourth-order valence-electron chi connectivity index (χ4n) is 5.71. The maximum Gasteiger partial charge on any atom is 0.274 e. The van der Waals surface area contributed by atoms with Crippen molar-refractivity contribution in [3.8, 4) is 0 Å². The smallest absolute Gasteiger partial charge is 0.274 e. The van der Waals surface area contributed by atoms with Gasteiger partial charge in [0.25, 0.3) is 11.1 Å². The number of benzene rings is 1. The molecule has 174 valence electrons. The van der Waals surface area contributed by atoms with Crippen molar-refractivity contribution in [3.63, 3.8) is 0 Å². The molecule has 0 bridgehead atoms. The molecule has 3 heterocycles. The molecule has 33 heavy (non-hydrogen) atoms. The molecule has 1 atom stereocenters. The second-order valence-corrected chi connectivity index (χ2v) is 9.99. The molecule has 8 nitrogen and oxygen atoms in total. The van der Waals surface area contributed by atoms with Gasteiger partial charge in [-0.05, 0) is 61.6 Å². The van der Waals surface area contributed by atoms with Gasteiger partial charge in [-0.3, -0.25) is 14.5 Å². The van der Waals surface area contributed by atoms with E-state index in [1.807, 2.05) is 12.1 Å². The molecule has 1 saturated heterocycles. The fourth-order valence-corrected chi connectivity index (χ4v) is 6.05. The molecule has 1 aliphatic heterocycles. The molecule has 0 amide bonds. The van der Waals surface area contributed by atoms with Crippen LogP contribution in [0.25, 0.3) is 10.8 Å². The van der Waals surface area contributed by atoms with Crippen LogP contribution in [0.3, 0.4) is 0 Å². The van der Waals surface area contributed by atoms with Gasteiger partial charge >= 0.3 is 0 Å². The maximum atomic E-state index is 12.4. The van der Waals surface area contributed by atoms with Crippen LogP contribution in [0.2, 0.25) is 5.15 Å². The lowest BCUT2D eigenvalue weighted by atomic mass is 9.55. The molecule has 0 radical (unpaired) electrons. The standard InChI is InChI=1S/C24H28ClN5O3/c1-29-22(32)18-6-2-5-17(20(18)21(25)28-29)8-7-16-11-24(12-16)14-30(23(24)33)9-3-4-15-10-19(31)27-26-13-15/h2,5-6,10,13,16,23,33H,3-4,7-9,11-12,14H2,1H3,(H,27,31). The Morgan fingerprint density at radius 1 is 1.27 bits per heavy atom. The van der Waals surface area contributed by atoms with Crippen LogP contribution >= 0.6 is 11.6 Å². The Morgan fingerprint density at radius 2 is 2.09 bits per heavy atom. The van der Waals surface area contributed by atoms with Gasteiger partial charge in [-0.25, -0.2) is 9.78 Å². The number of halogens is 1. The molecule has 5 rings (SSSR count).